The number of carbonyl (C=O) groups excluding carboxylic acids is 1. The zero-order chi connectivity index (χ0) is 19.6. The molecule has 1 unspecified atom stereocenters. The fourth-order valence-corrected chi connectivity index (χ4v) is 3.46. The van der Waals surface area contributed by atoms with Crippen molar-refractivity contribution in [2.75, 3.05) is 0 Å². The molecule has 0 bridgehead atoms. The van der Waals surface area contributed by atoms with E-state index in [0.29, 0.717) is 12.1 Å². The van der Waals surface area contributed by atoms with Crippen LogP contribution >= 0.6 is 0 Å². The average Bonchev–Trinajstić information content (AvgIpc) is 2.92. The number of aliphatic hydroxyl groups is 1. The van der Waals surface area contributed by atoms with E-state index >= 15 is 0 Å². The van der Waals surface area contributed by atoms with Crippen molar-refractivity contribution in [3.63, 3.8) is 0 Å². The largest absolute Gasteiger partial charge is 0.393 e. The maximum Gasteiger partial charge on any atom is 0.240 e. The van der Waals surface area contributed by atoms with E-state index in [-0.39, 0.29) is 18.3 Å². The van der Waals surface area contributed by atoms with Gasteiger partial charge in [0.25, 0.3) is 0 Å². The van der Waals surface area contributed by atoms with E-state index in [0.717, 1.165) is 16.6 Å². The van der Waals surface area contributed by atoms with Gasteiger partial charge in [-0.25, -0.2) is 9.37 Å². The molecular weight excluding hydrogens is 345 g/mol. The van der Waals surface area contributed by atoms with Crippen molar-refractivity contribution >= 4 is 16.9 Å². The Morgan fingerprint density at radius 1 is 1.30 bits per heavy atom. The molecule has 142 valence electrons. The summed E-state index contributed by atoms with van der Waals surface area (Å²) in [6.07, 6.45) is 1.63. The predicted octanol–water partition coefficient (Wildman–Crippen LogP) is 3.51. The summed E-state index contributed by atoms with van der Waals surface area (Å²) in [5, 5.41) is 13.5. The zero-order valence-corrected chi connectivity index (χ0v) is 15.7. The quantitative estimate of drug-likeness (QED) is 0.699. The van der Waals surface area contributed by atoms with Crippen LogP contribution in [0.5, 0.6) is 0 Å². The number of nitrogens with zero attached hydrogens (tertiary/aromatic N) is 2. The highest BCUT2D eigenvalue weighted by atomic mass is 19.1. The summed E-state index contributed by atoms with van der Waals surface area (Å²) < 4.78 is 15.1. The molecule has 3 aromatic rings. The van der Waals surface area contributed by atoms with Gasteiger partial charge >= 0.3 is 0 Å². The van der Waals surface area contributed by atoms with Crippen molar-refractivity contribution in [3.05, 3.63) is 54.5 Å². The van der Waals surface area contributed by atoms with Crippen molar-refractivity contribution in [3.8, 4) is 11.3 Å². The molecule has 0 radical (unpaired) electrons. The SMILES string of the molecule is CC(O)CC(C)(C)NC(=O)Cn1c(-c2ccc(F)cc2)cc2cccnc21. The number of fused-ring (bicyclic) bond motifs is 1. The number of hydrogen-bond donors (Lipinski definition) is 2. The molecule has 2 N–H and O–H groups in total. The molecule has 0 aliphatic rings. The molecule has 2 aromatic heterocycles. The number of aromatic nitrogens is 2. The minimum atomic E-state index is -0.530. The van der Waals surface area contributed by atoms with Crippen LogP contribution in [0, 0.1) is 5.82 Å². The molecule has 6 heteroatoms. The van der Waals surface area contributed by atoms with E-state index in [1.807, 2.05) is 36.6 Å². The first kappa shape index (κ1) is 19.0. The Labute approximate surface area is 157 Å². The smallest absolute Gasteiger partial charge is 0.240 e. The van der Waals surface area contributed by atoms with Crippen molar-refractivity contribution in [2.45, 2.75) is 45.4 Å². The van der Waals surface area contributed by atoms with Crippen LogP contribution in [0.3, 0.4) is 0 Å². The summed E-state index contributed by atoms with van der Waals surface area (Å²) in [6, 6.07) is 11.9. The second-order valence-electron chi connectivity index (χ2n) is 7.52. The van der Waals surface area contributed by atoms with Gasteiger partial charge in [-0.2, -0.15) is 0 Å². The highest BCUT2D eigenvalue weighted by Crippen LogP contribution is 2.27. The van der Waals surface area contributed by atoms with Crippen molar-refractivity contribution < 1.29 is 14.3 Å². The minimum Gasteiger partial charge on any atom is -0.393 e. The normalized spacial score (nSPS) is 12.9. The Kier molecular flexibility index (Phi) is 5.28. The molecule has 0 aliphatic carbocycles. The molecule has 1 amide bonds. The lowest BCUT2D eigenvalue weighted by Crippen LogP contribution is -2.46. The maximum absolute atomic E-state index is 13.3. The summed E-state index contributed by atoms with van der Waals surface area (Å²) in [6.45, 7) is 5.54. The Morgan fingerprint density at radius 2 is 2.00 bits per heavy atom. The highest BCUT2D eigenvalue weighted by molar-refractivity contribution is 5.87. The molecular formula is C21H24FN3O2. The van der Waals surface area contributed by atoms with Crippen molar-refractivity contribution in [1.82, 2.24) is 14.9 Å². The Balaban J connectivity index is 1.94. The van der Waals surface area contributed by atoms with Gasteiger partial charge in [0.05, 0.1) is 11.8 Å². The number of rotatable bonds is 6. The molecule has 3 rings (SSSR count). The van der Waals surface area contributed by atoms with Crippen LogP contribution in [0.2, 0.25) is 0 Å². The summed E-state index contributed by atoms with van der Waals surface area (Å²) in [5.41, 5.74) is 1.77. The average molecular weight is 369 g/mol. The van der Waals surface area contributed by atoms with Crippen LogP contribution in [0.1, 0.15) is 27.2 Å². The van der Waals surface area contributed by atoms with Crippen molar-refractivity contribution in [2.24, 2.45) is 0 Å². The van der Waals surface area contributed by atoms with Crippen LogP contribution in [0.15, 0.2) is 48.7 Å². The topological polar surface area (TPSA) is 67.2 Å². The van der Waals surface area contributed by atoms with E-state index in [1.165, 1.54) is 12.1 Å². The number of benzene rings is 1. The van der Waals surface area contributed by atoms with Gasteiger partial charge in [-0.15, -0.1) is 0 Å². The lowest BCUT2D eigenvalue weighted by molar-refractivity contribution is -0.123. The first-order valence-corrected chi connectivity index (χ1v) is 8.94. The Bertz CT molecular complexity index is 946. The zero-order valence-electron chi connectivity index (χ0n) is 15.7. The number of carbonyl (C=O) groups is 1. The van der Waals surface area contributed by atoms with E-state index in [2.05, 4.69) is 10.3 Å². The summed E-state index contributed by atoms with van der Waals surface area (Å²) in [7, 11) is 0. The minimum absolute atomic E-state index is 0.0798. The van der Waals surface area contributed by atoms with Gasteiger partial charge in [0, 0.05) is 17.1 Å². The van der Waals surface area contributed by atoms with Crippen LogP contribution in [-0.2, 0) is 11.3 Å². The van der Waals surface area contributed by atoms with Crippen LogP contribution in [0.25, 0.3) is 22.3 Å². The molecule has 0 aliphatic heterocycles. The Hall–Kier alpha value is -2.73. The van der Waals surface area contributed by atoms with Crippen molar-refractivity contribution in [1.29, 1.82) is 0 Å². The standard InChI is InChI=1S/C21H24FN3O2/c1-14(26)12-21(2,3)24-19(27)13-25-18(15-6-8-17(22)9-7-15)11-16-5-4-10-23-20(16)25/h4-11,14,26H,12-13H2,1-3H3,(H,24,27). The van der Waals surface area contributed by atoms with E-state index in [1.54, 1.807) is 25.3 Å². The molecule has 27 heavy (non-hydrogen) atoms. The van der Waals surface area contributed by atoms with Gasteiger partial charge < -0.3 is 15.0 Å². The molecule has 0 saturated heterocycles. The monoisotopic (exact) mass is 369 g/mol. The third kappa shape index (κ3) is 4.52. The third-order valence-electron chi connectivity index (χ3n) is 4.38. The predicted molar refractivity (Wildman–Crippen MR) is 104 cm³/mol. The number of aliphatic hydroxyl groups excluding tert-OH is 1. The summed E-state index contributed by atoms with van der Waals surface area (Å²) >= 11 is 0. The molecule has 2 heterocycles. The second-order valence-corrected chi connectivity index (χ2v) is 7.52. The molecule has 1 atom stereocenters. The van der Waals surface area contributed by atoms with Gasteiger partial charge in [-0.1, -0.05) is 0 Å². The Morgan fingerprint density at radius 3 is 2.67 bits per heavy atom. The first-order valence-electron chi connectivity index (χ1n) is 8.94. The second kappa shape index (κ2) is 7.48. The highest BCUT2D eigenvalue weighted by Gasteiger charge is 2.23. The van der Waals surface area contributed by atoms with Gasteiger partial charge in [0.1, 0.15) is 18.0 Å². The van der Waals surface area contributed by atoms with Gasteiger partial charge in [0.2, 0.25) is 5.91 Å². The van der Waals surface area contributed by atoms with Crippen LogP contribution in [0.4, 0.5) is 4.39 Å². The molecule has 0 fully saturated rings. The lowest BCUT2D eigenvalue weighted by Gasteiger charge is -2.28. The van der Waals surface area contributed by atoms with Gasteiger partial charge in [-0.3, -0.25) is 4.79 Å². The molecule has 0 saturated carbocycles. The summed E-state index contributed by atoms with van der Waals surface area (Å²) in [4.78, 5) is 17.1. The number of halogens is 1. The third-order valence-corrected chi connectivity index (χ3v) is 4.38. The number of pyridine rings is 1. The van der Waals surface area contributed by atoms with Gasteiger partial charge in [-0.05, 0) is 75.2 Å². The first-order chi connectivity index (χ1) is 12.7. The fourth-order valence-electron chi connectivity index (χ4n) is 3.46. The van der Waals surface area contributed by atoms with Gasteiger partial charge in [0.15, 0.2) is 0 Å². The van der Waals surface area contributed by atoms with Crippen LogP contribution < -0.4 is 5.32 Å². The molecule has 5 nitrogen and oxygen atoms in total. The fraction of sp³-hybridized carbons (Fsp3) is 0.333. The molecule has 1 aromatic carbocycles. The lowest BCUT2D eigenvalue weighted by atomic mass is 9.97. The number of hydrogen-bond acceptors (Lipinski definition) is 3. The number of nitrogens with one attached hydrogen (secondary N) is 1. The molecule has 0 spiro atoms. The maximum atomic E-state index is 13.3. The van der Waals surface area contributed by atoms with E-state index in [9.17, 15) is 14.3 Å². The van der Waals surface area contributed by atoms with Crippen LogP contribution in [-0.4, -0.2) is 32.2 Å². The summed E-state index contributed by atoms with van der Waals surface area (Å²) in [5.74, 6) is -0.482. The van der Waals surface area contributed by atoms with E-state index in [4.69, 9.17) is 0 Å². The number of amides is 1. The van der Waals surface area contributed by atoms with E-state index < -0.39 is 11.6 Å².